The second kappa shape index (κ2) is 6.86. The molecule has 1 amide bonds. The summed E-state index contributed by atoms with van der Waals surface area (Å²) in [5.74, 6) is 0.267. The standard InChI is InChI=1S/C12H25N3O/c1-4-15(5-2)12(16)6-8-13-11-7-9-14(3)10-11/h11,13H,4-10H2,1-3H3. The third-order valence-corrected chi connectivity index (χ3v) is 3.28. The van der Waals surface area contributed by atoms with E-state index in [1.165, 1.54) is 13.0 Å². The number of carbonyl (C=O) groups excluding carboxylic acids is 1. The van der Waals surface area contributed by atoms with Crippen LogP contribution in [0.1, 0.15) is 26.7 Å². The molecule has 0 radical (unpaired) electrons. The van der Waals surface area contributed by atoms with Gasteiger partial charge in [0.2, 0.25) is 5.91 Å². The van der Waals surface area contributed by atoms with E-state index in [4.69, 9.17) is 0 Å². The average Bonchev–Trinajstić information content (AvgIpc) is 2.66. The maximum atomic E-state index is 11.7. The van der Waals surface area contributed by atoms with Gasteiger partial charge >= 0.3 is 0 Å². The Bertz CT molecular complexity index is 216. The summed E-state index contributed by atoms with van der Waals surface area (Å²) in [5, 5.41) is 3.46. The fraction of sp³-hybridized carbons (Fsp3) is 0.917. The Hall–Kier alpha value is -0.610. The molecular formula is C12H25N3O. The molecule has 1 aliphatic rings. The minimum atomic E-state index is 0.267. The summed E-state index contributed by atoms with van der Waals surface area (Å²) in [5.41, 5.74) is 0. The van der Waals surface area contributed by atoms with Gasteiger partial charge in [0.25, 0.3) is 0 Å². The highest BCUT2D eigenvalue weighted by Gasteiger charge is 2.18. The Morgan fingerprint density at radius 3 is 2.62 bits per heavy atom. The van der Waals surface area contributed by atoms with Crippen molar-refractivity contribution in [3.8, 4) is 0 Å². The third kappa shape index (κ3) is 4.10. The minimum absolute atomic E-state index is 0.267. The number of likely N-dealkylation sites (N-methyl/N-ethyl adjacent to an activating group) is 1. The van der Waals surface area contributed by atoms with Crippen LogP contribution in [-0.2, 0) is 4.79 Å². The lowest BCUT2D eigenvalue weighted by Crippen LogP contribution is -2.36. The van der Waals surface area contributed by atoms with Crippen molar-refractivity contribution in [3.63, 3.8) is 0 Å². The van der Waals surface area contributed by atoms with Crippen LogP contribution in [0, 0.1) is 0 Å². The lowest BCUT2D eigenvalue weighted by atomic mass is 10.2. The molecule has 0 aliphatic carbocycles. The van der Waals surface area contributed by atoms with Crippen molar-refractivity contribution in [2.45, 2.75) is 32.7 Å². The predicted octanol–water partition coefficient (Wildman–Crippen LogP) is 0.539. The number of likely N-dealkylation sites (tertiary alicyclic amines) is 1. The number of nitrogens with zero attached hydrogens (tertiary/aromatic N) is 2. The average molecular weight is 227 g/mol. The molecule has 1 unspecified atom stereocenters. The van der Waals surface area contributed by atoms with Crippen molar-refractivity contribution >= 4 is 5.91 Å². The van der Waals surface area contributed by atoms with Crippen molar-refractivity contribution in [2.24, 2.45) is 0 Å². The molecule has 4 heteroatoms. The summed E-state index contributed by atoms with van der Waals surface area (Å²) in [6.07, 6.45) is 1.83. The Labute approximate surface area is 99.0 Å². The van der Waals surface area contributed by atoms with Gasteiger partial charge in [0.1, 0.15) is 0 Å². The van der Waals surface area contributed by atoms with Crippen molar-refractivity contribution in [1.29, 1.82) is 0 Å². The predicted molar refractivity (Wildman–Crippen MR) is 66.4 cm³/mol. The van der Waals surface area contributed by atoms with Gasteiger partial charge < -0.3 is 15.1 Å². The van der Waals surface area contributed by atoms with Crippen LogP contribution in [0.4, 0.5) is 0 Å². The normalized spacial score (nSPS) is 21.3. The van der Waals surface area contributed by atoms with E-state index in [1.54, 1.807) is 0 Å². The zero-order valence-electron chi connectivity index (χ0n) is 10.8. The van der Waals surface area contributed by atoms with Gasteiger partial charge in [-0.15, -0.1) is 0 Å². The third-order valence-electron chi connectivity index (χ3n) is 3.28. The second-order valence-electron chi connectivity index (χ2n) is 4.52. The molecule has 94 valence electrons. The van der Waals surface area contributed by atoms with Crippen molar-refractivity contribution in [2.75, 3.05) is 39.8 Å². The Kier molecular flexibility index (Phi) is 5.77. The highest BCUT2D eigenvalue weighted by Crippen LogP contribution is 2.05. The van der Waals surface area contributed by atoms with Crippen LogP contribution in [0.25, 0.3) is 0 Å². The van der Waals surface area contributed by atoms with E-state index in [-0.39, 0.29) is 5.91 Å². The van der Waals surface area contributed by atoms with Crippen LogP contribution in [0.2, 0.25) is 0 Å². The van der Waals surface area contributed by atoms with E-state index in [0.717, 1.165) is 26.2 Å². The van der Waals surface area contributed by atoms with Gasteiger partial charge in [0.15, 0.2) is 0 Å². The molecule has 1 saturated heterocycles. The summed E-state index contributed by atoms with van der Waals surface area (Å²) in [6.45, 7) is 8.79. The van der Waals surface area contributed by atoms with Crippen molar-refractivity contribution < 1.29 is 4.79 Å². The zero-order valence-corrected chi connectivity index (χ0v) is 10.8. The number of carbonyl (C=O) groups is 1. The maximum absolute atomic E-state index is 11.7. The lowest BCUT2D eigenvalue weighted by Gasteiger charge is -2.19. The summed E-state index contributed by atoms with van der Waals surface area (Å²) in [7, 11) is 2.14. The lowest BCUT2D eigenvalue weighted by molar-refractivity contribution is -0.130. The molecule has 0 saturated carbocycles. The molecule has 0 spiro atoms. The van der Waals surface area contributed by atoms with Crippen LogP contribution in [0.15, 0.2) is 0 Å². The summed E-state index contributed by atoms with van der Waals surface area (Å²) >= 11 is 0. The highest BCUT2D eigenvalue weighted by molar-refractivity contribution is 5.76. The van der Waals surface area contributed by atoms with E-state index in [1.807, 2.05) is 18.7 Å². The van der Waals surface area contributed by atoms with Crippen LogP contribution >= 0.6 is 0 Å². The van der Waals surface area contributed by atoms with E-state index in [9.17, 15) is 4.79 Å². The topological polar surface area (TPSA) is 35.6 Å². The number of rotatable bonds is 6. The van der Waals surface area contributed by atoms with E-state index in [2.05, 4.69) is 17.3 Å². The summed E-state index contributed by atoms with van der Waals surface area (Å²) in [6, 6.07) is 0.578. The SMILES string of the molecule is CCN(CC)C(=O)CCNC1CCN(C)C1. The molecule has 0 bridgehead atoms. The number of hydrogen-bond acceptors (Lipinski definition) is 3. The first kappa shape index (κ1) is 13.5. The Morgan fingerprint density at radius 1 is 1.44 bits per heavy atom. The fourth-order valence-corrected chi connectivity index (χ4v) is 2.22. The fourth-order valence-electron chi connectivity index (χ4n) is 2.22. The van der Waals surface area contributed by atoms with Crippen molar-refractivity contribution in [1.82, 2.24) is 15.1 Å². The van der Waals surface area contributed by atoms with E-state index < -0.39 is 0 Å². The first-order valence-electron chi connectivity index (χ1n) is 6.37. The van der Waals surface area contributed by atoms with Crippen LogP contribution < -0.4 is 5.32 Å². The van der Waals surface area contributed by atoms with Crippen LogP contribution in [-0.4, -0.2) is 61.5 Å². The highest BCUT2D eigenvalue weighted by atomic mass is 16.2. The quantitative estimate of drug-likeness (QED) is 0.719. The van der Waals surface area contributed by atoms with Gasteiger partial charge in [-0.1, -0.05) is 0 Å². The largest absolute Gasteiger partial charge is 0.343 e. The molecule has 1 N–H and O–H groups in total. The first-order chi connectivity index (χ1) is 7.67. The number of hydrogen-bond donors (Lipinski definition) is 1. The van der Waals surface area contributed by atoms with Gasteiger partial charge in [-0.3, -0.25) is 4.79 Å². The van der Waals surface area contributed by atoms with Gasteiger partial charge in [-0.2, -0.15) is 0 Å². The second-order valence-corrected chi connectivity index (χ2v) is 4.52. The molecular weight excluding hydrogens is 202 g/mol. The molecule has 1 aliphatic heterocycles. The van der Waals surface area contributed by atoms with E-state index >= 15 is 0 Å². The van der Waals surface area contributed by atoms with Gasteiger partial charge in [0.05, 0.1) is 0 Å². The maximum Gasteiger partial charge on any atom is 0.223 e. The van der Waals surface area contributed by atoms with Gasteiger partial charge in [0, 0.05) is 38.6 Å². The monoisotopic (exact) mass is 227 g/mol. The molecule has 4 nitrogen and oxygen atoms in total. The first-order valence-corrected chi connectivity index (χ1v) is 6.37. The molecule has 1 fully saturated rings. The Morgan fingerprint density at radius 2 is 2.12 bits per heavy atom. The van der Waals surface area contributed by atoms with Crippen molar-refractivity contribution in [3.05, 3.63) is 0 Å². The molecule has 0 aromatic rings. The summed E-state index contributed by atoms with van der Waals surface area (Å²) < 4.78 is 0. The Balaban J connectivity index is 2.12. The molecule has 1 rings (SSSR count). The van der Waals surface area contributed by atoms with Crippen LogP contribution in [0.5, 0.6) is 0 Å². The molecule has 16 heavy (non-hydrogen) atoms. The van der Waals surface area contributed by atoms with Gasteiger partial charge in [-0.25, -0.2) is 0 Å². The van der Waals surface area contributed by atoms with Gasteiger partial charge in [-0.05, 0) is 33.9 Å². The number of nitrogens with one attached hydrogen (secondary N) is 1. The molecule has 1 atom stereocenters. The molecule has 0 aromatic heterocycles. The zero-order chi connectivity index (χ0) is 12.0. The van der Waals surface area contributed by atoms with E-state index in [0.29, 0.717) is 12.5 Å². The summed E-state index contributed by atoms with van der Waals surface area (Å²) in [4.78, 5) is 15.9. The van der Waals surface area contributed by atoms with Crippen LogP contribution in [0.3, 0.4) is 0 Å². The number of amides is 1. The molecule has 1 heterocycles. The molecule has 0 aromatic carbocycles. The minimum Gasteiger partial charge on any atom is -0.343 e. The smallest absolute Gasteiger partial charge is 0.223 e.